The number of nitrogens with one attached hydrogen (secondary N) is 1. The molecule has 0 aliphatic carbocycles. The summed E-state index contributed by atoms with van der Waals surface area (Å²) in [5.74, 6) is 0.708. The zero-order valence-electron chi connectivity index (χ0n) is 17.7. The molecule has 158 valence electrons. The lowest BCUT2D eigenvalue weighted by molar-refractivity contribution is 0.311. The summed E-state index contributed by atoms with van der Waals surface area (Å²) in [6.07, 6.45) is 2.53. The van der Waals surface area contributed by atoms with Crippen LogP contribution >= 0.6 is 11.3 Å². The first-order valence-electron chi connectivity index (χ1n) is 10.8. The third kappa shape index (κ3) is 4.27. The van der Waals surface area contributed by atoms with Crippen LogP contribution in [-0.2, 0) is 13.1 Å². The maximum atomic E-state index is 12.7. The van der Waals surface area contributed by atoms with E-state index in [1.807, 2.05) is 24.3 Å². The van der Waals surface area contributed by atoms with E-state index in [0.29, 0.717) is 17.8 Å². The second-order valence-corrected chi connectivity index (χ2v) is 9.23. The van der Waals surface area contributed by atoms with Crippen LogP contribution in [0.3, 0.4) is 0 Å². The predicted octanol–water partition coefficient (Wildman–Crippen LogP) is 4.88. The van der Waals surface area contributed by atoms with Crippen molar-refractivity contribution in [3.05, 3.63) is 82.4 Å². The predicted molar refractivity (Wildman–Crippen MR) is 129 cm³/mol. The summed E-state index contributed by atoms with van der Waals surface area (Å²) in [6.45, 7) is 3.68. The Hall–Kier alpha value is -2.96. The molecule has 5 rings (SSSR count). The van der Waals surface area contributed by atoms with E-state index in [0.717, 1.165) is 34.9 Å². The summed E-state index contributed by atoms with van der Waals surface area (Å²) >= 11 is 1.57. The molecule has 0 bridgehead atoms. The van der Waals surface area contributed by atoms with Crippen molar-refractivity contribution in [3.8, 4) is 10.4 Å². The second-order valence-electron chi connectivity index (χ2n) is 8.20. The Balaban J connectivity index is 1.36. The summed E-state index contributed by atoms with van der Waals surface area (Å²) in [4.78, 5) is 27.0. The van der Waals surface area contributed by atoms with E-state index in [9.17, 15) is 4.79 Å². The molecule has 0 unspecified atom stereocenters. The van der Waals surface area contributed by atoms with Gasteiger partial charge in [-0.3, -0.25) is 9.69 Å². The highest BCUT2D eigenvalue weighted by atomic mass is 32.1. The van der Waals surface area contributed by atoms with Gasteiger partial charge in [-0.2, -0.15) is 0 Å². The van der Waals surface area contributed by atoms with Gasteiger partial charge in [0.15, 0.2) is 0 Å². The topological polar surface area (TPSA) is 52.2 Å². The van der Waals surface area contributed by atoms with Crippen molar-refractivity contribution in [2.75, 3.05) is 25.0 Å². The molecule has 6 heteroatoms. The lowest BCUT2D eigenvalue weighted by Gasteiger charge is -2.24. The fourth-order valence-corrected chi connectivity index (χ4v) is 5.37. The fourth-order valence-electron chi connectivity index (χ4n) is 4.31. The van der Waals surface area contributed by atoms with Crippen LogP contribution in [-0.4, -0.2) is 35.0 Å². The molecule has 4 aromatic rings. The van der Waals surface area contributed by atoms with Gasteiger partial charge in [0, 0.05) is 30.2 Å². The van der Waals surface area contributed by atoms with Crippen LogP contribution in [0.5, 0.6) is 0 Å². The Morgan fingerprint density at radius 2 is 1.77 bits per heavy atom. The molecule has 1 saturated heterocycles. The number of rotatable bonds is 6. The average Bonchev–Trinajstić information content (AvgIpc) is 3.45. The van der Waals surface area contributed by atoms with Gasteiger partial charge in [-0.25, -0.2) is 4.98 Å². The Kier molecular flexibility index (Phi) is 5.57. The van der Waals surface area contributed by atoms with Crippen LogP contribution in [0.2, 0.25) is 0 Å². The number of hydrogen-bond donors (Lipinski definition) is 1. The molecular formula is C25H26N4OS. The van der Waals surface area contributed by atoms with E-state index >= 15 is 0 Å². The van der Waals surface area contributed by atoms with Gasteiger partial charge in [0.25, 0.3) is 5.56 Å². The maximum absolute atomic E-state index is 12.7. The Morgan fingerprint density at radius 3 is 2.58 bits per heavy atom. The second kappa shape index (κ2) is 8.65. The first-order chi connectivity index (χ1) is 15.2. The lowest BCUT2D eigenvalue weighted by Crippen LogP contribution is -2.24. The van der Waals surface area contributed by atoms with Crippen LogP contribution < -0.4 is 10.5 Å². The molecular weight excluding hydrogens is 404 g/mol. The average molecular weight is 431 g/mol. The first-order valence-corrected chi connectivity index (χ1v) is 11.6. The largest absolute Gasteiger partial charge is 0.371 e. The summed E-state index contributed by atoms with van der Waals surface area (Å²) in [7, 11) is 2.08. The molecule has 1 aliphatic rings. The van der Waals surface area contributed by atoms with E-state index < -0.39 is 0 Å². The zero-order chi connectivity index (χ0) is 21.2. The summed E-state index contributed by atoms with van der Waals surface area (Å²) < 4.78 is 0. The third-order valence-electron chi connectivity index (χ3n) is 5.81. The van der Waals surface area contributed by atoms with Crippen molar-refractivity contribution in [2.45, 2.75) is 25.9 Å². The molecule has 5 nitrogen and oxygen atoms in total. The van der Waals surface area contributed by atoms with Gasteiger partial charge in [0.1, 0.15) is 10.7 Å². The fraction of sp³-hybridized carbons (Fsp3) is 0.280. The molecule has 3 heterocycles. The molecule has 0 radical (unpaired) electrons. The van der Waals surface area contributed by atoms with Gasteiger partial charge >= 0.3 is 0 Å². The number of aromatic nitrogens is 2. The molecule has 31 heavy (non-hydrogen) atoms. The van der Waals surface area contributed by atoms with Gasteiger partial charge in [-0.05, 0) is 43.1 Å². The third-order valence-corrected chi connectivity index (χ3v) is 6.89. The van der Waals surface area contributed by atoms with Gasteiger partial charge in [-0.1, -0.05) is 48.5 Å². The van der Waals surface area contributed by atoms with Crippen molar-refractivity contribution >= 4 is 27.2 Å². The highest BCUT2D eigenvalue weighted by Gasteiger charge is 2.17. The molecule has 1 aliphatic heterocycles. The minimum atomic E-state index is -0.0655. The maximum Gasteiger partial charge on any atom is 0.259 e. The number of H-pyrrole nitrogens is 1. The number of para-hydroxylation sites is 1. The number of benzene rings is 2. The number of aromatic amines is 1. The van der Waals surface area contributed by atoms with Crippen LogP contribution in [0.25, 0.3) is 20.7 Å². The van der Waals surface area contributed by atoms with Crippen LogP contribution in [0.15, 0.2) is 65.5 Å². The smallest absolute Gasteiger partial charge is 0.259 e. The Labute approximate surface area is 186 Å². The molecule has 0 saturated carbocycles. The number of anilines is 1. The Morgan fingerprint density at radius 1 is 1.03 bits per heavy atom. The lowest BCUT2D eigenvalue weighted by atomic mass is 10.1. The van der Waals surface area contributed by atoms with Crippen LogP contribution in [0.4, 0.5) is 5.69 Å². The van der Waals surface area contributed by atoms with E-state index in [1.54, 1.807) is 11.3 Å². The number of thiophene rings is 1. The van der Waals surface area contributed by atoms with Gasteiger partial charge in [0.05, 0.1) is 11.9 Å². The van der Waals surface area contributed by atoms with E-state index in [-0.39, 0.29) is 5.56 Å². The van der Waals surface area contributed by atoms with Gasteiger partial charge in [-0.15, -0.1) is 11.3 Å². The number of hydrogen-bond acceptors (Lipinski definition) is 5. The Bertz CT molecular complexity index is 1240. The molecule has 1 fully saturated rings. The van der Waals surface area contributed by atoms with E-state index in [1.165, 1.54) is 24.1 Å². The SMILES string of the molecule is CN(Cc1nc2sc(-c3ccccc3)cc2c(=O)[nH]1)Cc1ccccc1N1CCCC1. The molecule has 0 atom stereocenters. The van der Waals surface area contributed by atoms with Crippen molar-refractivity contribution in [1.82, 2.24) is 14.9 Å². The zero-order valence-corrected chi connectivity index (χ0v) is 18.5. The minimum absolute atomic E-state index is 0.0655. The molecule has 2 aromatic heterocycles. The highest BCUT2D eigenvalue weighted by Crippen LogP contribution is 2.31. The normalized spacial score (nSPS) is 14.1. The van der Waals surface area contributed by atoms with Crippen LogP contribution in [0, 0.1) is 0 Å². The van der Waals surface area contributed by atoms with Crippen molar-refractivity contribution < 1.29 is 0 Å². The molecule has 1 N–H and O–H groups in total. The van der Waals surface area contributed by atoms with E-state index in [4.69, 9.17) is 4.98 Å². The standard InChI is InChI=1S/C25H26N4OS/c1-28(16-19-11-5-6-12-21(19)29-13-7-8-14-29)17-23-26-24(30)20-15-22(31-25(20)27-23)18-9-3-2-4-10-18/h2-6,9-12,15H,7-8,13-14,16-17H2,1H3,(H,26,27,30). The van der Waals surface area contributed by atoms with Gasteiger partial charge < -0.3 is 9.88 Å². The number of nitrogens with zero attached hydrogens (tertiary/aromatic N) is 3. The summed E-state index contributed by atoms with van der Waals surface area (Å²) in [6, 6.07) is 20.7. The quantitative estimate of drug-likeness (QED) is 0.473. The highest BCUT2D eigenvalue weighted by molar-refractivity contribution is 7.21. The first kappa shape index (κ1) is 20.0. The van der Waals surface area contributed by atoms with Crippen molar-refractivity contribution in [3.63, 3.8) is 0 Å². The summed E-state index contributed by atoms with van der Waals surface area (Å²) in [5.41, 5.74) is 3.69. The molecule has 0 spiro atoms. The van der Waals surface area contributed by atoms with Crippen molar-refractivity contribution in [2.24, 2.45) is 0 Å². The van der Waals surface area contributed by atoms with E-state index in [2.05, 4.69) is 58.2 Å². The summed E-state index contributed by atoms with van der Waals surface area (Å²) in [5, 5.41) is 0.662. The molecule has 0 amide bonds. The minimum Gasteiger partial charge on any atom is -0.371 e. The number of fused-ring (bicyclic) bond motifs is 1. The van der Waals surface area contributed by atoms with Crippen molar-refractivity contribution in [1.29, 1.82) is 0 Å². The molecule has 2 aromatic carbocycles. The monoisotopic (exact) mass is 430 g/mol. The van der Waals surface area contributed by atoms with Gasteiger partial charge in [0.2, 0.25) is 0 Å². The van der Waals surface area contributed by atoms with Crippen LogP contribution in [0.1, 0.15) is 24.2 Å².